The van der Waals surface area contributed by atoms with Gasteiger partial charge in [-0.25, -0.2) is 17.2 Å². The molecule has 1 heterocycles. The van der Waals surface area contributed by atoms with E-state index in [-0.39, 0.29) is 48.0 Å². The lowest BCUT2D eigenvalue weighted by Crippen LogP contribution is -2.52. The summed E-state index contributed by atoms with van der Waals surface area (Å²) in [7, 11) is -3.83. The van der Waals surface area contributed by atoms with Gasteiger partial charge in [0.05, 0.1) is 11.4 Å². The van der Waals surface area contributed by atoms with Crippen LogP contribution in [-0.2, 0) is 14.8 Å². The molecule has 0 unspecified atom stereocenters. The van der Waals surface area contributed by atoms with Crippen molar-refractivity contribution >= 4 is 27.6 Å². The third-order valence-electron chi connectivity index (χ3n) is 4.99. The average Bonchev–Trinajstić information content (AvgIpc) is 2.76. The van der Waals surface area contributed by atoms with Gasteiger partial charge < -0.3 is 10.2 Å². The fourth-order valence-electron chi connectivity index (χ4n) is 3.26. The number of ketones is 1. The van der Waals surface area contributed by atoms with E-state index in [1.165, 1.54) is 40.4 Å². The summed E-state index contributed by atoms with van der Waals surface area (Å²) >= 11 is 0. The van der Waals surface area contributed by atoms with Gasteiger partial charge in [-0.15, -0.1) is 0 Å². The largest absolute Gasteiger partial charge is 0.343 e. The molecule has 1 fully saturated rings. The van der Waals surface area contributed by atoms with Gasteiger partial charge in [-0.1, -0.05) is 12.1 Å². The van der Waals surface area contributed by atoms with E-state index in [4.69, 9.17) is 0 Å². The number of rotatable bonds is 6. The molecule has 2 aromatic carbocycles. The Morgan fingerprint density at radius 2 is 1.56 bits per heavy atom. The highest BCUT2D eigenvalue weighted by Gasteiger charge is 2.30. The highest BCUT2D eigenvalue weighted by molar-refractivity contribution is 7.89. The number of piperazine rings is 1. The van der Waals surface area contributed by atoms with Crippen molar-refractivity contribution in [2.45, 2.75) is 11.8 Å². The summed E-state index contributed by atoms with van der Waals surface area (Å²) < 4.78 is 53.4. The van der Waals surface area contributed by atoms with Crippen molar-refractivity contribution in [2.75, 3.05) is 32.7 Å². The summed E-state index contributed by atoms with van der Waals surface area (Å²) in [5, 5.41) is 2.31. The van der Waals surface area contributed by atoms with Gasteiger partial charge in [-0.3, -0.25) is 14.4 Å². The molecule has 32 heavy (non-hydrogen) atoms. The van der Waals surface area contributed by atoms with E-state index in [9.17, 15) is 31.6 Å². The lowest BCUT2D eigenvalue weighted by molar-refractivity contribution is -0.131. The molecule has 170 valence electrons. The molecule has 0 atom stereocenters. The zero-order valence-corrected chi connectivity index (χ0v) is 18.0. The van der Waals surface area contributed by atoms with E-state index in [2.05, 4.69) is 5.32 Å². The molecule has 2 amide bonds. The van der Waals surface area contributed by atoms with Gasteiger partial charge in [0.2, 0.25) is 15.9 Å². The maximum Gasteiger partial charge on any atom is 0.251 e. The van der Waals surface area contributed by atoms with Crippen LogP contribution in [0.2, 0.25) is 0 Å². The van der Waals surface area contributed by atoms with Crippen molar-refractivity contribution in [3.63, 3.8) is 0 Å². The van der Waals surface area contributed by atoms with Crippen LogP contribution in [0.4, 0.5) is 8.78 Å². The zero-order valence-electron chi connectivity index (χ0n) is 17.2. The van der Waals surface area contributed by atoms with Crippen molar-refractivity contribution in [3.05, 3.63) is 65.2 Å². The Morgan fingerprint density at radius 1 is 0.938 bits per heavy atom. The maximum atomic E-state index is 13.2. The summed E-state index contributed by atoms with van der Waals surface area (Å²) in [5.41, 5.74) is 0.0350. The van der Waals surface area contributed by atoms with Crippen LogP contribution in [0.1, 0.15) is 27.6 Å². The Kier molecular flexibility index (Phi) is 6.99. The predicted molar refractivity (Wildman–Crippen MR) is 110 cm³/mol. The first kappa shape index (κ1) is 23.5. The quantitative estimate of drug-likeness (QED) is 0.650. The summed E-state index contributed by atoms with van der Waals surface area (Å²) in [6.45, 7) is 1.25. The maximum absolute atomic E-state index is 13.2. The van der Waals surface area contributed by atoms with Crippen LogP contribution in [0.3, 0.4) is 0 Å². The summed E-state index contributed by atoms with van der Waals surface area (Å²) in [4.78, 5) is 37.3. The fraction of sp³-hybridized carbons (Fsp3) is 0.286. The summed E-state index contributed by atoms with van der Waals surface area (Å²) in [5.74, 6) is -3.32. The monoisotopic (exact) mass is 465 g/mol. The molecule has 1 N–H and O–H groups in total. The molecule has 0 radical (unpaired) electrons. The SMILES string of the molecule is CC(=O)c1cccc(S(=O)(=O)N2CCN(C(=O)CNC(=O)c3cc(F)cc(F)c3)CC2)c1. The number of amides is 2. The van der Waals surface area contributed by atoms with Gasteiger partial charge in [0.15, 0.2) is 5.78 Å². The Hall–Kier alpha value is -3.18. The minimum absolute atomic E-state index is 0.000402. The molecule has 0 aliphatic carbocycles. The van der Waals surface area contributed by atoms with Crippen molar-refractivity contribution in [2.24, 2.45) is 0 Å². The number of carbonyl (C=O) groups excluding carboxylic acids is 3. The van der Waals surface area contributed by atoms with Crippen LogP contribution in [-0.4, -0.2) is 67.9 Å². The van der Waals surface area contributed by atoms with Crippen LogP contribution in [0, 0.1) is 11.6 Å². The molecule has 3 rings (SSSR count). The molecule has 1 saturated heterocycles. The third-order valence-corrected chi connectivity index (χ3v) is 6.89. The van der Waals surface area contributed by atoms with Gasteiger partial charge in [0, 0.05) is 43.4 Å². The number of benzene rings is 2. The van der Waals surface area contributed by atoms with E-state index >= 15 is 0 Å². The lowest BCUT2D eigenvalue weighted by atomic mass is 10.2. The summed E-state index contributed by atoms with van der Waals surface area (Å²) in [6.07, 6.45) is 0. The Bertz CT molecular complexity index is 1140. The number of sulfonamides is 1. The molecule has 0 aromatic heterocycles. The topological polar surface area (TPSA) is 104 Å². The van der Waals surface area contributed by atoms with Crippen molar-refractivity contribution in [1.29, 1.82) is 0 Å². The van der Waals surface area contributed by atoms with Crippen molar-refractivity contribution in [3.8, 4) is 0 Å². The van der Waals surface area contributed by atoms with Gasteiger partial charge in [-0.05, 0) is 31.2 Å². The van der Waals surface area contributed by atoms with E-state index in [0.29, 0.717) is 6.07 Å². The predicted octanol–water partition coefficient (Wildman–Crippen LogP) is 1.43. The first-order valence-electron chi connectivity index (χ1n) is 9.71. The Labute approximate surface area is 183 Å². The molecule has 0 bridgehead atoms. The lowest BCUT2D eigenvalue weighted by Gasteiger charge is -2.34. The molecular weight excluding hydrogens is 444 g/mol. The number of nitrogens with one attached hydrogen (secondary N) is 1. The van der Waals surface area contributed by atoms with E-state index in [1.807, 2.05) is 0 Å². The number of halogens is 2. The highest BCUT2D eigenvalue weighted by atomic mass is 32.2. The number of carbonyl (C=O) groups is 3. The molecular formula is C21H21F2N3O5S. The van der Waals surface area contributed by atoms with E-state index < -0.39 is 40.0 Å². The second kappa shape index (κ2) is 9.53. The number of Topliss-reactive ketones (excluding diaryl/α,β-unsaturated/α-hetero) is 1. The number of hydrogen-bond acceptors (Lipinski definition) is 5. The Morgan fingerprint density at radius 3 is 2.16 bits per heavy atom. The molecule has 2 aromatic rings. The minimum atomic E-state index is -3.83. The van der Waals surface area contributed by atoms with Crippen LogP contribution in [0.15, 0.2) is 47.4 Å². The van der Waals surface area contributed by atoms with Gasteiger partial charge in [-0.2, -0.15) is 4.31 Å². The summed E-state index contributed by atoms with van der Waals surface area (Å²) in [6, 6.07) is 8.10. The van der Waals surface area contributed by atoms with E-state index in [0.717, 1.165) is 12.1 Å². The average molecular weight is 465 g/mol. The van der Waals surface area contributed by atoms with Crippen LogP contribution in [0.5, 0.6) is 0 Å². The first-order valence-corrected chi connectivity index (χ1v) is 11.1. The normalized spacial score (nSPS) is 14.8. The molecule has 1 aliphatic heterocycles. The Balaban J connectivity index is 1.57. The molecule has 1 aliphatic rings. The van der Waals surface area contributed by atoms with Gasteiger partial charge in [0.1, 0.15) is 11.6 Å². The third kappa shape index (κ3) is 5.35. The van der Waals surface area contributed by atoms with Crippen LogP contribution in [0.25, 0.3) is 0 Å². The fourth-order valence-corrected chi connectivity index (χ4v) is 4.73. The number of nitrogens with zero attached hydrogens (tertiary/aromatic N) is 2. The minimum Gasteiger partial charge on any atom is -0.343 e. The number of hydrogen-bond donors (Lipinski definition) is 1. The molecule has 0 saturated carbocycles. The zero-order chi connectivity index (χ0) is 23.5. The first-order chi connectivity index (χ1) is 15.1. The second-order valence-corrected chi connectivity index (χ2v) is 9.15. The second-order valence-electron chi connectivity index (χ2n) is 7.21. The van der Waals surface area contributed by atoms with Crippen molar-refractivity contribution in [1.82, 2.24) is 14.5 Å². The molecule has 0 spiro atoms. The van der Waals surface area contributed by atoms with Crippen LogP contribution < -0.4 is 5.32 Å². The smallest absolute Gasteiger partial charge is 0.251 e. The molecule has 8 nitrogen and oxygen atoms in total. The highest BCUT2D eigenvalue weighted by Crippen LogP contribution is 2.19. The van der Waals surface area contributed by atoms with Crippen LogP contribution >= 0.6 is 0 Å². The molecule has 11 heteroatoms. The van der Waals surface area contributed by atoms with Gasteiger partial charge in [0.25, 0.3) is 5.91 Å². The van der Waals surface area contributed by atoms with E-state index in [1.54, 1.807) is 0 Å². The standard InChI is InChI=1S/C21H21F2N3O5S/c1-14(27)15-3-2-4-19(11-15)32(30,31)26-7-5-25(6-8-26)20(28)13-24-21(29)16-9-17(22)12-18(23)10-16/h2-4,9-12H,5-8,13H2,1H3,(H,24,29). The van der Waals surface area contributed by atoms with Crippen molar-refractivity contribution < 1.29 is 31.6 Å². The van der Waals surface area contributed by atoms with Gasteiger partial charge >= 0.3 is 0 Å².